The Bertz CT molecular complexity index is 421. The van der Waals surface area contributed by atoms with Crippen molar-refractivity contribution in [2.45, 2.75) is 0 Å². The number of hydrogen-bond acceptors (Lipinski definition) is 3. The number of nitrogens with zero attached hydrogens (tertiary/aromatic N) is 1. The Kier molecular flexibility index (Phi) is 3.09. The average Bonchev–Trinajstić information content (AvgIpc) is 2.68. The molecule has 0 bridgehead atoms. The van der Waals surface area contributed by atoms with E-state index in [9.17, 15) is 14.0 Å². The Balaban J connectivity index is 2.02. The van der Waals surface area contributed by atoms with Gasteiger partial charge >= 0.3 is 6.03 Å². The summed E-state index contributed by atoms with van der Waals surface area (Å²) < 4.78 is 12.6. The van der Waals surface area contributed by atoms with Crippen molar-refractivity contribution in [3.63, 3.8) is 0 Å². The van der Waals surface area contributed by atoms with Crippen LogP contribution in [0.5, 0.6) is 0 Å². The van der Waals surface area contributed by atoms with E-state index in [1.807, 2.05) is 0 Å². The number of urea groups is 1. The van der Waals surface area contributed by atoms with Gasteiger partial charge in [0.05, 0.1) is 0 Å². The van der Waals surface area contributed by atoms with Crippen LogP contribution in [0.25, 0.3) is 0 Å². The summed E-state index contributed by atoms with van der Waals surface area (Å²) in [5, 5.41) is 2.28. The van der Waals surface area contributed by atoms with Crippen molar-refractivity contribution in [2.24, 2.45) is 0 Å². The smallest absolute Gasteiger partial charge is 0.307 e. The third-order valence-electron chi connectivity index (χ3n) is 2.10. The molecule has 1 aliphatic heterocycles. The average molecular weight is 240 g/mol. The molecule has 1 fully saturated rings. The summed E-state index contributed by atoms with van der Waals surface area (Å²) >= 11 is 1.11. The standard InChI is InChI=1S/C10H9FN2O2S/c11-7-1-3-8(4-2-7)12-9(14)13-5-6-16-10(13)15/h1-4H,5-6H2,(H,12,14). The van der Waals surface area contributed by atoms with E-state index in [0.29, 0.717) is 18.0 Å². The third kappa shape index (κ3) is 2.33. The predicted molar refractivity (Wildman–Crippen MR) is 60.0 cm³/mol. The molecule has 0 radical (unpaired) electrons. The molecule has 0 atom stereocenters. The van der Waals surface area contributed by atoms with Crippen LogP contribution in [0.15, 0.2) is 24.3 Å². The van der Waals surface area contributed by atoms with E-state index in [1.54, 1.807) is 0 Å². The minimum atomic E-state index is -0.471. The summed E-state index contributed by atoms with van der Waals surface area (Å²) in [4.78, 5) is 24.0. The fourth-order valence-electron chi connectivity index (χ4n) is 1.30. The van der Waals surface area contributed by atoms with Crippen LogP contribution in [0.1, 0.15) is 0 Å². The monoisotopic (exact) mass is 240 g/mol. The number of rotatable bonds is 1. The van der Waals surface area contributed by atoms with E-state index in [4.69, 9.17) is 0 Å². The highest BCUT2D eigenvalue weighted by molar-refractivity contribution is 8.13. The lowest BCUT2D eigenvalue weighted by atomic mass is 10.3. The number of amides is 3. The number of anilines is 1. The molecule has 16 heavy (non-hydrogen) atoms. The van der Waals surface area contributed by atoms with E-state index < -0.39 is 6.03 Å². The lowest BCUT2D eigenvalue weighted by Crippen LogP contribution is -2.34. The number of thioether (sulfide) groups is 1. The van der Waals surface area contributed by atoms with Gasteiger partial charge in [0.1, 0.15) is 5.82 Å². The minimum absolute atomic E-state index is 0.250. The molecule has 0 saturated carbocycles. The number of carbonyl (C=O) groups is 2. The Morgan fingerprint density at radius 3 is 2.62 bits per heavy atom. The number of carbonyl (C=O) groups excluding carboxylic acids is 2. The molecule has 0 aromatic heterocycles. The molecule has 4 nitrogen and oxygen atoms in total. The van der Waals surface area contributed by atoms with Crippen LogP contribution in [-0.2, 0) is 0 Å². The van der Waals surface area contributed by atoms with Gasteiger partial charge < -0.3 is 5.32 Å². The molecule has 0 spiro atoms. The first kappa shape index (κ1) is 10.9. The first-order valence-electron chi connectivity index (χ1n) is 4.67. The highest BCUT2D eigenvalue weighted by Crippen LogP contribution is 2.18. The largest absolute Gasteiger partial charge is 0.329 e. The zero-order valence-corrected chi connectivity index (χ0v) is 9.09. The molecular formula is C10H9FN2O2S. The highest BCUT2D eigenvalue weighted by atomic mass is 32.2. The summed E-state index contributed by atoms with van der Waals surface area (Å²) in [5.74, 6) is 0.251. The molecule has 3 amide bonds. The van der Waals surface area contributed by atoms with E-state index in [0.717, 1.165) is 16.7 Å². The summed E-state index contributed by atoms with van der Waals surface area (Å²) in [5.41, 5.74) is 0.469. The summed E-state index contributed by atoms with van der Waals surface area (Å²) in [6.45, 7) is 0.413. The Morgan fingerprint density at radius 2 is 2.06 bits per heavy atom. The van der Waals surface area contributed by atoms with Crippen LogP contribution in [0.3, 0.4) is 0 Å². The van der Waals surface area contributed by atoms with Gasteiger partial charge in [0.15, 0.2) is 0 Å². The molecule has 0 unspecified atom stereocenters. The van der Waals surface area contributed by atoms with Crippen molar-refractivity contribution in [3.8, 4) is 0 Å². The molecule has 84 valence electrons. The maximum Gasteiger partial charge on any atom is 0.329 e. The first-order chi connectivity index (χ1) is 7.66. The van der Waals surface area contributed by atoms with Crippen LogP contribution >= 0.6 is 11.8 Å². The van der Waals surface area contributed by atoms with Crippen LogP contribution < -0.4 is 5.32 Å². The normalized spacial score (nSPS) is 15.3. The second-order valence-electron chi connectivity index (χ2n) is 3.20. The van der Waals surface area contributed by atoms with Crippen molar-refractivity contribution in [1.82, 2.24) is 4.90 Å². The quantitative estimate of drug-likeness (QED) is 0.820. The lowest BCUT2D eigenvalue weighted by Gasteiger charge is -2.13. The molecular weight excluding hydrogens is 231 g/mol. The Morgan fingerprint density at radius 1 is 1.38 bits per heavy atom. The zero-order chi connectivity index (χ0) is 11.5. The first-order valence-corrected chi connectivity index (χ1v) is 5.66. The van der Waals surface area contributed by atoms with Crippen LogP contribution in [-0.4, -0.2) is 28.5 Å². The number of hydrogen-bond donors (Lipinski definition) is 1. The number of halogens is 1. The Hall–Kier alpha value is -1.56. The van der Waals surface area contributed by atoms with Crippen molar-refractivity contribution >= 4 is 28.7 Å². The van der Waals surface area contributed by atoms with Gasteiger partial charge in [0.2, 0.25) is 0 Å². The maximum absolute atomic E-state index is 12.6. The second-order valence-corrected chi connectivity index (χ2v) is 4.25. The summed E-state index contributed by atoms with van der Waals surface area (Å²) in [7, 11) is 0. The molecule has 6 heteroatoms. The van der Waals surface area contributed by atoms with Crippen molar-refractivity contribution in [1.29, 1.82) is 0 Å². The van der Waals surface area contributed by atoms with Crippen LogP contribution in [0.2, 0.25) is 0 Å². The van der Waals surface area contributed by atoms with Gasteiger partial charge in [0, 0.05) is 18.0 Å². The topological polar surface area (TPSA) is 49.4 Å². The Labute approximate surface area is 95.8 Å². The van der Waals surface area contributed by atoms with Crippen LogP contribution in [0, 0.1) is 5.82 Å². The fraction of sp³-hybridized carbons (Fsp3) is 0.200. The SMILES string of the molecule is O=C(Nc1ccc(F)cc1)N1CCSC1=O. The summed E-state index contributed by atoms with van der Waals surface area (Å²) in [6.07, 6.45) is 0. The zero-order valence-electron chi connectivity index (χ0n) is 8.27. The highest BCUT2D eigenvalue weighted by Gasteiger charge is 2.27. The molecule has 0 aliphatic carbocycles. The van der Waals surface area contributed by atoms with Gasteiger partial charge in [-0.05, 0) is 24.3 Å². The van der Waals surface area contributed by atoms with Gasteiger partial charge in [-0.2, -0.15) is 0 Å². The fourth-order valence-corrected chi connectivity index (χ4v) is 2.08. The van der Waals surface area contributed by atoms with Crippen molar-refractivity contribution < 1.29 is 14.0 Å². The van der Waals surface area contributed by atoms with Gasteiger partial charge in [-0.15, -0.1) is 0 Å². The summed E-state index contributed by atoms with van der Waals surface area (Å²) in [6, 6.07) is 4.91. The predicted octanol–water partition coefficient (Wildman–Crippen LogP) is 2.53. The minimum Gasteiger partial charge on any atom is -0.307 e. The van der Waals surface area contributed by atoms with Crippen molar-refractivity contribution in [2.75, 3.05) is 17.6 Å². The van der Waals surface area contributed by atoms with Crippen molar-refractivity contribution in [3.05, 3.63) is 30.1 Å². The lowest BCUT2D eigenvalue weighted by molar-refractivity contribution is 0.213. The number of imide groups is 1. The van der Waals surface area contributed by atoms with Gasteiger partial charge in [0.25, 0.3) is 5.24 Å². The van der Waals surface area contributed by atoms with Gasteiger partial charge in [-0.3, -0.25) is 9.69 Å². The molecule has 2 rings (SSSR count). The maximum atomic E-state index is 12.6. The molecule has 1 aliphatic rings. The van der Waals surface area contributed by atoms with Gasteiger partial charge in [-0.25, -0.2) is 9.18 Å². The second kappa shape index (κ2) is 4.52. The van der Waals surface area contributed by atoms with Crippen LogP contribution in [0.4, 0.5) is 19.7 Å². The van der Waals surface area contributed by atoms with E-state index >= 15 is 0 Å². The molecule has 1 aromatic carbocycles. The van der Waals surface area contributed by atoms with Gasteiger partial charge in [-0.1, -0.05) is 11.8 Å². The molecule has 1 heterocycles. The molecule has 1 saturated heterocycles. The van der Waals surface area contributed by atoms with E-state index in [-0.39, 0.29) is 11.1 Å². The third-order valence-corrected chi connectivity index (χ3v) is 2.96. The van der Waals surface area contributed by atoms with E-state index in [1.165, 1.54) is 24.3 Å². The molecule has 1 aromatic rings. The van der Waals surface area contributed by atoms with E-state index in [2.05, 4.69) is 5.32 Å². The molecule has 1 N–H and O–H groups in total. The number of benzene rings is 1. The number of nitrogens with one attached hydrogen (secondary N) is 1.